The molecule has 0 aromatic carbocycles. The minimum absolute atomic E-state index is 0.131. The highest BCUT2D eigenvalue weighted by Gasteiger charge is 1.99. The number of aliphatic carboxylic acids is 1. The van der Waals surface area contributed by atoms with Crippen molar-refractivity contribution in [1.29, 1.82) is 0 Å². The third-order valence-electron chi connectivity index (χ3n) is 2.42. The minimum Gasteiger partial charge on any atom is -0.633 e. The molecule has 4 nitrogen and oxygen atoms in total. The molecule has 108 valence electrons. The van der Waals surface area contributed by atoms with Crippen LogP contribution in [-0.2, 0) is 4.79 Å². The summed E-state index contributed by atoms with van der Waals surface area (Å²) >= 11 is 0. The molecule has 18 heavy (non-hydrogen) atoms. The summed E-state index contributed by atoms with van der Waals surface area (Å²) in [6.45, 7) is 7.59. The van der Waals surface area contributed by atoms with Crippen molar-refractivity contribution in [2.75, 3.05) is 20.6 Å². The van der Waals surface area contributed by atoms with Crippen molar-refractivity contribution in [2.45, 2.75) is 52.4 Å². The number of hydroxylamine groups is 3. The van der Waals surface area contributed by atoms with Crippen molar-refractivity contribution in [3.63, 3.8) is 0 Å². The van der Waals surface area contributed by atoms with E-state index in [-0.39, 0.29) is 10.2 Å². The monoisotopic (exact) mass is 259 g/mol. The summed E-state index contributed by atoms with van der Waals surface area (Å²) in [6.07, 6.45) is 7.58. The molecule has 0 rings (SSSR count). The van der Waals surface area contributed by atoms with Crippen LogP contribution < -0.4 is 0 Å². The summed E-state index contributed by atoms with van der Waals surface area (Å²) in [6, 6.07) is 0. The molecule has 0 saturated heterocycles. The quantitative estimate of drug-likeness (QED) is 0.314. The summed E-state index contributed by atoms with van der Waals surface area (Å²) in [5, 5.41) is 19.0. The summed E-state index contributed by atoms with van der Waals surface area (Å²) in [5.74, 6) is -0.935. The Bertz CT molecular complexity index is 220. The average Bonchev–Trinajstić information content (AvgIpc) is 2.22. The molecule has 0 radical (unpaired) electrons. The van der Waals surface area contributed by atoms with Crippen LogP contribution in [0.5, 0.6) is 0 Å². The van der Waals surface area contributed by atoms with Gasteiger partial charge in [0.15, 0.2) is 0 Å². The summed E-state index contributed by atoms with van der Waals surface area (Å²) < 4.78 is -0.131. The third-order valence-corrected chi connectivity index (χ3v) is 2.42. The van der Waals surface area contributed by atoms with E-state index in [1.165, 1.54) is 39.0 Å². The van der Waals surface area contributed by atoms with Gasteiger partial charge in [-0.05, 0) is 19.8 Å². The second kappa shape index (κ2) is 11.2. The minimum atomic E-state index is -0.935. The molecule has 1 N–H and O–H groups in total. The number of nitrogens with zero attached hydrogens (tertiary/aromatic N) is 1. The first-order chi connectivity index (χ1) is 8.20. The molecule has 0 bridgehead atoms. The molecule has 0 aromatic heterocycles. The van der Waals surface area contributed by atoms with Gasteiger partial charge in [-0.15, -0.1) is 0 Å². The second-order valence-corrected chi connectivity index (χ2v) is 5.15. The van der Waals surface area contributed by atoms with E-state index in [2.05, 4.69) is 13.5 Å². The third kappa shape index (κ3) is 20.5. The molecule has 0 spiro atoms. The number of unbranched alkanes of at least 4 members (excludes halogenated alkanes) is 5. The maximum Gasteiger partial charge on any atom is 0.330 e. The zero-order valence-corrected chi connectivity index (χ0v) is 12.4. The lowest BCUT2D eigenvalue weighted by atomic mass is 10.1. The van der Waals surface area contributed by atoms with Gasteiger partial charge in [-0.25, -0.2) is 4.79 Å². The van der Waals surface area contributed by atoms with Gasteiger partial charge in [0.2, 0.25) is 0 Å². The highest BCUT2D eigenvalue weighted by atomic mass is 16.5. The molecular formula is C14H29NO3. The standard InChI is InChI=1S/C10H23NO.C4H6O2/c1-4-5-6-7-8-9-10-11(2,3)12;1-3(2)4(5)6/h4-10H2,1-3H3;1H2,2H3,(H,5,6). The molecule has 0 aliphatic heterocycles. The van der Waals surface area contributed by atoms with E-state index >= 15 is 0 Å². The van der Waals surface area contributed by atoms with E-state index in [1.54, 1.807) is 14.1 Å². The number of carboxylic acid groups (broad SMARTS) is 1. The molecule has 0 unspecified atom stereocenters. The van der Waals surface area contributed by atoms with Crippen molar-refractivity contribution >= 4 is 5.97 Å². The van der Waals surface area contributed by atoms with Gasteiger partial charge in [0.25, 0.3) is 0 Å². The van der Waals surface area contributed by atoms with Crippen LogP contribution in [0.1, 0.15) is 52.4 Å². The van der Waals surface area contributed by atoms with Crippen LogP contribution in [0.2, 0.25) is 0 Å². The topological polar surface area (TPSA) is 60.4 Å². The number of hydrogen-bond acceptors (Lipinski definition) is 2. The summed E-state index contributed by atoms with van der Waals surface area (Å²) in [5.41, 5.74) is 0.176. The van der Waals surface area contributed by atoms with Crippen LogP contribution in [0, 0.1) is 5.21 Å². The summed E-state index contributed by atoms with van der Waals surface area (Å²) in [4.78, 5) is 9.60. The van der Waals surface area contributed by atoms with Crippen molar-refractivity contribution in [2.24, 2.45) is 0 Å². The fourth-order valence-corrected chi connectivity index (χ4v) is 1.27. The molecule has 0 amide bonds. The second-order valence-electron chi connectivity index (χ2n) is 5.15. The molecule has 0 aromatic rings. The predicted octanol–water partition coefficient (Wildman–Crippen LogP) is 3.57. The normalized spacial score (nSPS) is 10.5. The fourth-order valence-electron chi connectivity index (χ4n) is 1.27. The first kappa shape index (κ1) is 19.5. The van der Waals surface area contributed by atoms with Gasteiger partial charge in [0.05, 0.1) is 20.6 Å². The van der Waals surface area contributed by atoms with Crippen molar-refractivity contribution in [3.8, 4) is 0 Å². The lowest BCUT2D eigenvalue weighted by Gasteiger charge is -2.33. The molecule has 0 saturated carbocycles. The van der Waals surface area contributed by atoms with E-state index in [4.69, 9.17) is 5.11 Å². The van der Waals surface area contributed by atoms with Gasteiger partial charge in [-0.3, -0.25) is 0 Å². The number of carboxylic acids is 1. The zero-order valence-electron chi connectivity index (χ0n) is 12.4. The number of hydrogen-bond donors (Lipinski definition) is 1. The van der Waals surface area contributed by atoms with E-state index in [0.717, 1.165) is 13.0 Å². The maximum atomic E-state index is 11.1. The van der Waals surface area contributed by atoms with Crippen LogP contribution >= 0.6 is 0 Å². The predicted molar refractivity (Wildman–Crippen MR) is 76.2 cm³/mol. The van der Waals surface area contributed by atoms with Crippen molar-refractivity contribution in [3.05, 3.63) is 17.4 Å². The Morgan fingerprint density at radius 3 is 1.89 bits per heavy atom. The summed E-state index contributed by atoms with van der Waals surface area (Å²) in [7, 11) is 3.43. The fraction of sp³-hybridized carbons (Fsp3) is 0.786. The Hall–Kier alpha value is -0.870. The van der Waals surface area contributed by atoms with Crippen LogP contribution in [0.25, 0.3) is 0 Å². The highest BCUT2D eigenvalue weighted by Crippen LogP contribution is 2.06. The average molecular weight is 259 g/mol. The van der Waals surface area contributed by atoms with Gasteiger partial charge in [-0.2, -0.15) is 0 Å². The Morgan fingerprint density at radius 1 is 1.17 bits per heavy atom. The molecule has 0 heterocycles. The Morgan fingerprint density at radius 2 is 1.56 bits per heavy atom. The number of carbonyl (C=O) groups is 1. The molecule has 4 heteroatoms. The maximum absolute atomic E-state index is 11.1. The molecule has 0 aliphatic rings. The van der Waals surface area contributed by atoms with Crippen LogP contribution in [0.15, 0.2) is 12.2 Å². The Labute approximate surface area is 111 Å². The lowest BCUT2D eigenvalue weighted by Crippen LogP contribution is -2.32. The largest absolute Gasteiger partial charge is 0.633 e. The van der Waals surface area contributed by atoms with Gasteiger partial charge < -0.3 is 15.0 Å². The van der Waals surface area contributed by atoms with Crippen molar-refractivity contribution in [1.82, 2.24) is 0 Å². The molecular weight excluding hydrogens is 230 g/mol. The number of rotatable bonds is 8. The van der Waals surface area contributed by atoms with Gasteiger partial charge in [0.1, 0.15) is 0 Å². The van der Waals surface area contributed by atoms with Crippen molar-refractivity contribution < 1.29 is 14.5 Å². The highest BCUT2D eigenvalue weighted by molar-refractivity contribution is 5.84. The Balaban J connectivity index is 0. The van der Waals surface area contributed by atoms with Crippen LogP contribution in [0.3, 0.4) is 0 Å². The van der Waals surface area contributed by atoms with E-state index < -0.39 is 5.97 Å². The van der Waals surface area contributed by atoms with Gasteiger partial charge in [0, 0.05) is 5.57 Å². The molecule has 0 aliphatic carbocycles. The zero-order chi connectivity index (χ0) is 14.6. The van der Waals surface area contributed by atoms with Crippen LogP contribution in [-0.4, -0.2) is 36.4 Å². The first-order valence-electron chi connectivity index (χ1n) is 6.63. The Kier molecular flexibility index (Phi) is 12.2. The first-order valence-corrected chi connectivity index (χ1v) is 6.63. The molecule has 0 atom stereocenters. The van der Waals surface area contributed by atoms with E-state index in [9.17, 15) is 10.0 Å². The number of quaternary nitrogens is 1. The van der Waals surface area contributed by atoms with E-state index in [1.807, 2.05) is 0 Å². The SMILES string of the molecule is C=C(C)C(=O)O.CCCCCCCC[N+](C)(C)[O-]. The van der Waals surface area contributed by atoms with E-state index in [0.29, 0.717) is 0 Å². The van der Waals surface area contributed by atoms with Gasteiger partial charge >= 0.3 is 5.97 Å². The van der Waals surface area contributed by atoms with Crippen LogP contribution in [0.4, 0.5) is 0 Å². The lowest BCUT2D eigenvalue weighted by molar-refractivity contribution is -0.840. The smallest absolute Gasteiger partial charge is 0.330 e. The molecule has 0 fully saturated rings. The van der Waals surface area contributed by atoms with Gasteiger partial charge in [-0.1, -0.05) is 39.2 Å².